The van der Waals surface area contributed by atoms with E-state index in [2.05, 4.69) is 79.1 Å². The number of esters is 3. The van der Waals surface area contributed by atoms with Crippen LogP contribution in [0.4, 0.5) is 11.4 Å². The molecule has 6 rings (SSSR count). The van der Waals surface area contributed by atoms with Crippen LogP contribution >= 0.6 is 46.4 Å². The number of aliphatic hydroxyl groups is 1. The summed E-state index contributed by atoms with van der Waals surface area (Å²) in [4.78, 5) is 43.9. The molecule has 4 fully saturated rings. The second kappa shape index (κ2) is 24.9. The Balaban J connectivity index is 1.11. The molecule has 66 heavy (non-hydrogen) atoms. The van der Waals surface area contributed by atoms with Gasteiger partial charge in [-0.2, -0.15) is 0 Å². The van der Waals surface area contributed by atoms with Gasteiger partial charge in [-0.05, 0) is 153 Å². The number of carbonyl (C=O) groups excluding carboxylic acids is 3. The average molecular weight is 995 g/mol. The number of methoxy groups -OCH3 is 1. The van der Waals surface area contributed by atoms with E-state index in [-0.39, 0.29) is 76.5 Å². The van der Waals surface area contributed by atoms with E-state index in [1.165, 1.54) is 12.7 Å². The maximum atomic E-state index is 14.0. The quantitative estimate of drug-likeness (QED) is 0.0625. The van der Waals surface area contributed by atoms with Crippen LogP contribution < -0.4 is 9.80 Å². The lowest BCUT2D eigenvalue weighted by Crippen LogP contribution is -2.63. The molecule has 2 aromatic carbocycles. The van der Waals surface area contributed by atoms with E-state index in [0.29, 0.717) is 62.0 Å². The maximum absolute atomic E-state index is 14.0. The highest BCUT2D eigenvalue weighted by Gasteiger charge is 2.66. The minimum atomic E-state index is -0.505. The lowest BCUT2D eigenvalue weighted by molar-refractivity contribution is -0.218. The molecule has 0 aromatic heterocycles. The number of nitrogens with zero attached hydrogens (tertiary/aromatic N) is 2. The van der Waals surface area contributed by atoms with Crippen LogP contribution in [-0.2, 0) is 41.4 Å². The van der Waals surface area contributed by atoms with Crippen molar-refractivity contribution in [3.05, 3.63) is 59.7 Å². The number of hydrogen-bond donors (Lipinski definition) is 1. The topological polar surface area (TPSA) is 106 Å². The number of anilines is 2. The van der Waals surface area contributed by atoms with Gasteiger partial charge in [-0.25, -0.2) is 0 Å². The highest BCUT2D eigenvalue weighted by atomic mass is 35.5. The highest BCUT2D eigenvalue weighted by molar-refractivity contribution is 6.19. The van der Waals surface area contributed by atoms with Crippen molar-refractivity contribution in [3.8, 4) is 0 Å². The molecule has 0 bridgehead atoms. The first-order chi connectivity index (χ1) is 31.8. The van der Waals surface area contributed by atoms with Crippen LogP contribution in [0.1, 0.15) is 115 Å². The van der Waals surface area contributed by atoms with Crippen molar-refractivity contribution in [2.24, 2.45) is 46.3 Å². The fourth-order valence-corrected chi connectivity index (χ4v) is 14.0. The SMILES string of the molecule is COC(=O)CC[C@@H](C)[C@H]1CC[C@H]2[C@@H]3[C@H](OC(=O)CCCc4ccc(N(CCCl)CCCl)cc4)C[C@@H]4C[C@H](OC(=O)CCCc5ccc(N(CCCl)CCCl)cc5)CC[C@]4(C)[C@H]3C[C@H](O)[C@]12C. The number of aryl methyl sites for hydroxylation is 2. The summed E-state index contributed by atoms with van der Waals surface area (Å²) in [6, 6.07) is 16.9. The summed E-state index contributed by atoms with van der Waals surface area (Å²) in [5, 5.41) is 12.3. The molecule has 0 spiro atoms. The van der Waals surface area contributed by atoms with Gasteiger partial charge in [0.15, 0.2) is 0 Å². The molecular formula is C53H76Cl4N2O7. The summed E-state index contributed by atoms with van der Waals surface area (Å²) in [6.07, 6.45) is 9.46. The molecule has 2 aromatic rings. The number of rotatable bonds is 24. The second-order valence-corrected chi connectivity index (χ2v) is 21.8. The smallest absolute Gasteiger partial charge is 0.306 e. The number of ether oxygens (including phenoxy) is 3. The molecule has 1 N–H and O–H groups in total. The van der Waals surface area contributed by atoms with E-state index < -0.39 is 6.10 Å². The molecule has 0 radical (unpaired) electrons. The Morgan fingerprint density at radius 1 is 0.697 bits per heavy atom. The summed E-state index contributed by atoms with van der Waals surface area (Å²) in [5.41, 5.74) is 4.07. The molecule has 11 atom stereocenters. The third-order valence-electron chi connectivity index (χ3n) is 16.8. The summed E-state index contributed by atoms with van der Waals surface area (Å²) in [7, 11) is 1.44. The van der Waals surface area contributed by atoms with E-state index in [4.69, 9.17) is 60.6 Å². The first kappa shape index (κ1) is 52.9. The van der Waals surface area contributed by atoms with Gasteiger partial charge in [-0.15, -0.1) is 46.4 Å². The van der Waals surface area contributed by atoms with Gasteiger partial charge in [0.25, 0.3) is 0 Å². The van der Waals surface area contributed by atoms with E-state index in [1.54, 1.807) is 0 Å². The van der Waals surface area contributed by atoms with Gasteiger partial charge >= 0.3 is 17.9 Å². The third-order valence-corrected chi connectivity index (χ3v) is 17.5. The van der Waals surface area contributed by atoms with Crippen molar-refractivity contribution in [1.29, 1.82) is 0 Å². The van der Waals surface area contributed by atoms with Crippen molar-refractivity contribution < 1.29 is 33.7 Å². The lowest BCUT2D eigenvalue weighted by atomic mass is 9.43. The Morgan fingerprint density at radius 2 is 1.23 bits per heavy atom. The summed E-state index contributed by atoms with van der Waals surface area (Å²) in [5.74, 6) is 2.73. The molecule has 0 aliphatic heterocycles. The van der Waals surface area contributed by atoms with E-state index in [0.717, 1.165) is 101 Å². The van der Waals surface area contributed by atoms with Crippen molar-refractivity contribution in [3.63, 3.8) is 0 Å². The average Bonchev–Trinajstić information content (AvgIpc) is 3.67. The first-order valence-electron chi connectivity index (χ1n) is 24.8. The second-order valence-electron chi connectivity index (χ2n) is 20.3. The minimum absolute atomic E-state index is 0.0854. The molecule has 0 saturated heterocycles. The Morgan fingerprint density at radius 3 is 1.74 bits per heavy atom. The van der Waals surface area contributed by atoms with Gasteiger partial charge in [-0.3, -0.25) is 14.4 Å². The number of fused-ring (bicyclic) bond motifs is 5. The van der Waals surface area contributed by atoms with Gasteiger partial charge < -0.3 is 29.1 Å². The molecule has 0 heterocycles. The molecular weight excluding hydrogens is 918 g/mol. The summed E-state index contributed by atoms with van der Waals surface area (Å²) < 4.78 is 17.9. The summed E-state index contributed by atoms with van der Waals surface area (Å²) >= 11 is 24.1. The number of carbonyl (C=O) groups is 3. The summed E-state index contributed by atoms with van der Waals surface area (Å²) in [6.45, 7) is 9.83. The maximum Gasteiger partial charge on any atom is 0.306 e. The number of halogens is 4. The van der Waals surface area contributed by atoms with Crippen LogP contribution in [0.25, 0.3) is 0 Å². The Hall–Kier alpha value is -2.43. The van der Waals surface area contributed by atoms with Gasteiger partial charge in [0, 0.05) is 86.3 Å². The van der Waals surface area contributed by atoms with Crippen molar-refractivity contribution in [1.82, 2.24) is 0 Å². The monoisotopic (exact) mass is 992 g/mol. The van der Waals surface area contributed by atoms with Crippen LogP contribution in [0.15, 0.2) is 48.5 Å². The molecule has 13 heteroatoms. The van der Waals surface area contributed by atoms with Crippen molar-refractivity contribution in [2.75, 3.05) is 66.6 Å². The fraction of sp³-hybridized carbons (Fsp3) is 0.717. The van der Waals surface area contributed by atoms with E-state index >= 15 is 0 Å². The van der Waals surface area contributed by atoms with Crippen molar-refractivity contribution in [2.45, 2.75) is 135 Å². The zero-order chi connectivity index (χ0) is 47.4. The molecule has 4 aliphatic carbocycles. The zero-order valence-electron chi connectivity index (χ0n) is 39.9. The minimum Gasteiger partial charge on any atom is -0.469 e. The zero-order valence-corrected chi connectivity index (χ0v) is 42.9. The number of hydrogen-bond acceptors (Lipinski definition) is 9. The highest BCUT2D eigenvalue weighted by Crippen LogP contribution is 2.69. The Bertz CT molecular complexity index is 1840. The van der Waals surface area contributed by atoms with Crippen LogP contribution in [0.3, 0.4) is 0 Å². The largest absolute Gasteiger partial charge is 0.469 e. The van der Waals surface area contributed by atoms with Crippen molar-refractivity contribution >= 4 is 75.7 Å². The fourth-order valence-electron chi connectivity index (χ4n) is 13.2. The van der Waals surface area contributed by atoms with Crippen LogP contribution in [0.5, 0.6) is 0 Å². The van der Waals surface area contributed by atoms with Gasteiger partial charge in [0.1, 0.15) is 12.2 Å². The lowest BCUT2D eigenvalue weighted by Gasteiger charge is -2.64. The third kappa shape index (κ3) is 12.7. The molecule has 0 amide bonds. The van der Waals surface area contributed by atoms with Gasteiger partial charge in [0.05, 0.1) is 13.2 Å². The normalized spacial score (nSPS) is 29.5. The molecule has 0 unspecified atom stereocenters. The van der Waals surface area contributed by atoms with Crippen LogP contribution in [0, 0.1) is 46.3 Å². The molecule has 4 aliphatic rings. The number of alkyl halides is 4. The van der Waals surface area contributed by atoms with Gasteiger partial charge in [-0.1, -0.05) is 45.0 Å². The predicted octanol–water partition coefficient (Wildman–Crippen LogP) is 11.3. The Kier molecular flexibility index (Phi) is 20.0. The number of aliphatic hydroxyl groups excluding tert-OH is 1. The first-order valence-corrected chi connectivity index (χ1v) is 27.0. The van der Waals surface area contributed by atoms with Crippen LogP contribution in [0.2, 0.25) is 0 Å². The van der Waals surface area contributed by atoms with Gasteiger partial charge in [0.2, 0.25) is 0 Å². The standard InChI is InChI=1S/C53H76Cl4N2O7/c1-36(11-22-48(61)64-4)43-20-21-44-51-45(35-47(60)53(43,44)3)52(2)24-23-42(65-49(62)9-5-7-37-12-16-40(17-13-37)58(29-25-54)30-26-55)33-39(52)34-46(51)66-50(63)10-6-8-38-14-18-41(19-15-38)59(31-27-56)32-28-57/h12-19,36,39,42-47,51,60H,5-11,20-35H2,1-4H3/t36-,39+,42-,43-,44+,45+,46-,47+,51+,52+,53-/m1/s1. The van der Waals surface area contributed by atoms with E-state index in [1.807, 2.05) is 0 Å². The molecule has 368 valence electrons. The van der Waals surface area contributed by atoms with E-state index in [9.17, 15) is 19.5 Å². The number of benzene rings is 2. The molecule has 9 nitrogen and oxygen atoms in total. The van der Waals surface area contributed by atoms with Crippen LogP contribution in [-0.4, -0.2) is 98.1 Å². The Labute approximate surface area is 415 Å². The predicted molar refractivity (Wildman–Crippen MR) is 268 cm³/mol. The molecule has 4 saturated carbocycles.